The average molecular weight is 289 g/mol. The number of nitrogens with zero attached hydrogens (tertiary/aromatic N) is 1. The monoisotopic (exact) mass is 288 g/mol. The molecule has 1 N–H and O–H groups in total. The predicted molar refractivity (Wildman–Crippen MR) is 73.6 cm³/mol. The van der Waals surface area contributed by atoms with Crippen LogP contribution in [0, 0.1) is 5.82 Å². The van der Waals surface area contributed by atoms with Crippen LogP contribution < -0.4 is 10.1 Å². The Bertz CT molecular complexity index is 456. The topological polar surface area (TPSA) is 41.6 Å². The molecule has 0 spiro atoms. The standard InChI is InChI=1S/C13H17FN2O2.ClH/c1-9-8-16(7-6-15-9)13(17)12-10(14)4-3-5-11(12)18-2;/h3-5,9,15H,6-8H2,1-2H3;1H/t9-;/m1./s1. The van der Waals surface area contributed by atoms with Crippen LogP contribution in [-0.4, -0.2) is 43.6 Å². The number of ether oxygens (including phenoxy) is 1. The van der Waals surface area contributed by atoms with Gasteiger partial charge in [0.1, 0.15) is 17.1 Å². The molecule has 0 radical (unpaired) electrons. The Hall–Kier alpha value is -1.33. The van der Waals surface area contributed by atoms with Gasteiger partial charge in [0.05, 0.1) is 7.11 Å². The van der Waals surface area contributed by atoms with Crippen LogP contribution in [0.15, 0.2) is 18.2 Å². The lowest BCUT2D eigenvalue weighted by Crippen LogP contribution is -2.51. The van der Waals surface area contributed by atoms with E-state index in [-0.39, 0.29) is 35.7 Å². The smallest absolute Gasteiger partial charge is 0.260 e. The molecule has 2 rings (SSSR count). The van der Waals surface area contributed by atoms with Crippen molar-refractivity contribution in [2.24, 2.45) is 0 Å². The molecular weight excluding hydrogens is 271 g/mol. The van der Waals surface area contributed by atoms with E-state index in [1.807, 2.05) is 6.92 Å². The van der Waals surface area contributed by atoms with Crippen LogP contribution in [0.3, 0.4) is 0 Å². The molecule has 0 bridgehead atoms. The molecule has 0 unspecified atom stereocenters. The number of carbonyl (C=O) groups excluding carboxylic acids is 1. The van der Waals surface area contributed by atoms with Crippen molar-refractivity contribution in [2.45, 2.75) is 13.0 Å². The third-order valence-electron chi connectivity index (χ3n) is 3.07. The van der Waals surface area contributed by atoms with E-state index in [0.717, 1.165) is 6.54 Å². The van der Waals surface area contributed by atoms with Gasteiger partial charge in [0.15, 0.2) is 0 Å². The number of rotatable bonds is 2. The lowest BCUT2D eigenvalue weighted by molar-refractivity contribution is 0.0700. The van der Waals surface area contributed by atoms with E-state index in [0.29, 0.717) is 13.1 Å². The van der Waals surface area contributed by atoms with Crippen LogP contribution >= 0.6 is 12.4 Å². The van der Waals surface area contributed by atoms with E-state index in [2.05, 4.69) is 5.32 Å². The van der Waals surface area contributed by atoms with Gasteiger partial charge < -0.3 is 15.0 Å². The maximum absolute atomic E-state index is 13.8. The highest BCUT2D eigenvalue weighted by Crippen LogP contribution is 2.23. The Balaban J connectivity index is 0.00000180. The number of carbonyl (C=O) groups is 1. The number of piperazine rings is 1. The SMILES string of the molecule is COc1cccc(F)c1C(=O)N1CCN[C@H](C)C1.Cl. The number of amides is 1. The van der Waals surface area contributed by atoms with Gasteiger partial charge in [0, 0.05) is 25.7 Å². The third kappa shape index (κ3) is 3.36. The number of benzene rings is 1. The first-order valence-electron chi connectivity index (χ1n) is 5.98. The molecule has 4 nitrogen and oxygen atoms in total. The minimum Gasteiger partial charge on any atom is -0.496 e. The normalized spacial score (nSPS) is 18.7. The molecule has 1 saturated heterocycles. The lowest BCUT2D eigenvalue weighted by atomic mass is 10.1. The van der Waals surface area contributed by atoms with Crippen molar-refractivity contribution in [1.82, 2.24) is 10.2 Å². The highest BCUT2D eigenvalue weighted by atomic mass is 35.5. The maximum atomic E-state index is 13.8. The molecule has 0 aliphatic carbocycles. The van der Waals surface area contributed by atoms with Gasteiger partial charge in [-0.1, -0.05) is 6.07 Å². The van der Waals surface area contributed by atoms with Gasteiger partial charge in [-0.05, 0) is 19.1 Å². The second-order valence-corrected chi connectivity index (χ2v) is 4.42. The Morgan fingerprint density at radius 2 is 2.26 bits per heavy atom. The van der Waals surface area contributed by atoms with Crippen LogP contribution in [-0.2, 0) is 0 Å². The molecule has 6 heteroatoms. The first kappa shape index (κ1) is 15.7. The molecule has 1 aromatic carbocycles. The van der Waals surface area contributed by atoms with E-state index in [4.69, 9.17) is 4.74 Å². The fraction of sp³-hybridized carbons (Fsp3) is 0.462. The number of hydrogen-bond donors (Lipinski definition) is 1. The van der Waals surface area contributed by atoms with E-state index < -0.39 is 5.82 Å². The van der Waals surface area contributed by atoms with E-state index in [1.54, 1.807) is 11.0 Å². The largest absolute Gasteiger partial charge is 0.496 e. The zero-order valence-corrected chi connectivity index (χ0v) is 11.8. The highest BCUT2D eigenvalue weighted by molar-refractivity contribution is 5.97. The first-order valence-corrected chi connectivity index (χ1v) is 5.98. The van der Waals surface area contributed by atoms with Gasteiger partial charge in [-0.25, -0.2) is 4.39 Å². The summed E-state index contributed by atoms with van der Waals surface area (Å²) in [6.45, 7) is 3.89. The van der Waals surface area contributed by atoms with Gasteiger partial charge in [0.2, 0.25) is 0 Å². The molecule has 1 heterocycles. The Kier molecular flexibility index (Phi) is 5.57. The summed E-state index contributed by atoms with van der Waals surface area (Å²) < 4.78 is 18.9. The zero-order valence-electron chi connectivity index (χ0n) is 11.0. The highest BCUT2D eigenvalue weighted by Gasteiger charge is 2.26. The average Bonchev–Trinajstić information content (AvgIpc) is 2.37. The molecule has 0 saturated carbocycles. The van der Waals surface area contributed by atoms with Crippen molar-refractivity contribution in [3.8, 4) is 5.75 Å². The van der Waals surface area contributed by atoms with E-state index >= 15 is 0 Å². The quantitative estimate of drug-likeness (QED) is 0.900. The Labute approximate surface area is 118 Å². The van der Waals surface area contributed by atoms with E-state index in [9.17, 15) is 9.18 Å². The summed E-state index contributed by atoms with van der Waals surface area (Å²) in [5.74, 6) is -0.560. The molecule has 1 amide bonds. The molecular formula is C13H18ClFN2O2. The fourth-order valence-electron chi connectivity index (χ4n) is 2.16. The number of methoxy groups -OCH3 is 1. The number of nitrogens with one attached hydrogen (secondary N) is 1. The second kappa shape index (κ2) is 6.73. The summed E-state index contributed by atoms with van der Waals surface area (Å²) in [4.78, 5) is 14.0. The van der Waals surface area contributed by atoms with Crippen molar-refractivity contribution in [1.29, 1.82) is 0 Å². The van der Waals surface area contributed by atoms with Crippen molar-refractivity contribution in [3.63, 3.8) is 0 Å². The summed E-state index contributed by atoms with van der Waals surface area (Å²) in [5, 5.41) is 3.24. The minimum atomic E-state index is -0.537. The third-order valence-corrected chi connectivity index (χ3v) is 3.07. The summed E-state index contributed by atoms with van der Waals surface area (Å²) in [6.07, 6.45) is 0. The van der Waals surface area contributed by atoms with Crippen molar-refractivity contribution >= 4 is 18.3 Å². The van der Waals surface area contributed by atoms with Crippen molar-refractivity contribution in [3.05, 3.63) is 29.6 Å². The zero-order chi connectivity index (χ0) is 13.1. The minimum absolute atomic E-state index is 0. The molecule has 1 aromatic rings. The van der Waals surface area contributed by atoms with Crippen molar-refractivity contribution < 1.29 is 13.9 Å². The lowest BCUT2D eigenvalue weighted by Gasteiger charge is -2.32. The molecule has 0 aromatic heterocycles. The van der Waals surface area contributed by atoms with Crippen molar-refractivity contribution in [2.75, 3.05) is 26.7 Å². The second-order valence-electron chi connectivity index (χ2n) is 4.42. The fourth-order valence-corrected chi connectivity index (χ4v) is 2.16. The van der Waals surface area contributed by atoms with Crippen LogP contribution in [0.5, 0.6) is 5.75 Å². The molecule has 1 aliphatic heterocycles. The van der Waals surface area contributed by atoms with Crippen LogP contribution in [0.25, 0.3) is 0 Å². The van der Waals surface area contributed by atoms with Gasteiger partial charge in [-0.3, -0.25) is 4.79 Å². The van der Waals surface area contributed by atoms with E-state index in [1.165, 1.54) is 19.2 Å². The van der Waals surface area contributed by atoms with Crippen LogP contribution in [0.1, 0.15) is 17.3 Å². The Morgan fingerprint density at radius 1 is 1.53 bits per heavy atom. The molecule has 1 aliphatic rings. The summed E-state index contributed by atoms with van der Waals surface area (Å²) in [7, 11) is 1.44. The predicted octanol–water partition coefficient (Wildman–Crippen LogP) is 1.69. The summed E-state index contributed by atoms with van der Waals surface area (Å²) in [6, 6.07) is 4.63. The van der Waals surface area contributed by atoms with Gasteiger partial charge >= 0.3 is 0 Å². The van der Waals surface area contributed by atoms with Gasteiger partial charge in [0.25, 0.3) is 5.91 Å². The van der Waals surface area contributed by atoms with Gasteiger partial charge in [-0.15, -0.1) is 12.4 Å². The number of hydrogen-bond acceptors (Lipinski definition) is 3. The van der Waals surface area contributed by atoms with Crippen LogP contribution in [0.4, 0.5) is 4.39 Å². The maximum Gasteiger partial charge on any atom is 0.260 e. The number of halogens is 2. The first-order chi connectivity index (χ1) is 8.63. The molecule has 106 valence electrons. The molecule has 1 fully saturated rings. The summed E-state index contributed by atoms with van der Waals surface area (Å²) >= 11 is 0. The molecule has 19 heavy (non-hydrogen) atoms. The summed E-state index contributed by atoms with van der Waals surface area (Å²) in [5.41, 5.74) is 0.0223. The van der Waals surface area contributed by atoms with Crippen LogP contribution in [0.2, 0.25) is 0 Å². The van der Waals surface area contributed by atoms with Gasteiger partial charge in [-0.2, -0.15) is 0 Å². The Morgan fingerprint density at radius 3 is 2.89 bits per heavy atom. The molecule has 1 atom stereocenters.